The summed E-state index contributed by atoms with van der Waals surface area (Å²) in [4.78, 5) is 11.8. The Kier molecular flexibility index (Phi) is 6.21. The van der Waals surface area contributed by atoms with Crippen LogP contribution >= 0.6 is 12.6 Å². The molecule has 0 fully saturated rings. The van der Waals surface area contributed by atoms with E-state index in [1.54, 1.807) is 25.5 Å². The molecule has 0 atom stereocenters. The van der Waals surface area contributed by atoms with E-state index >= 15 is 0 Å². The Labute approximate surface area is 163 Å². The molecule has 0 bridgehead atoms. The Balaban J connectivity index is 0.000000253. The maximum Gasteiger partial charge on any atom is 0.215 e. The highest BCUT2D eigenvalue weighted by Gasteiger charge is 2.07. The van der Waals surface area contributed by atoms with Gasteiger partial charge in [0.25, 0.3) is 0 Å². The molecule has 0 aliphatic carbocycles. The van der Waals surface area contributed by atoms with Gasteiger partial charge in [0.05, 0.1) is 0 Å². The van der Waals surface area contributed by atoms with E-state index in [1.807, 2.05) is 37.5 Å². The SMILES string of the molecule is CNCc1c[nH]c2cc(-c3cnc(F)c(C)c3)ccc12.Sc1cccnc1. The van der Waals surface area contributed by atoms with Crippen LogP contribution in [0.15, 0.2) is 66.1 Å². The average molecular weight is 380 g/mol. The first-order valence-electron chi connectivity index (χ1n) is 8.54. The van der Waals surface area contributed by atoms with Crippen molar-refractivity contribution in [2.24, 2.45) is 0 Å². The van der Waals surface area contributed by atoms with Gasteiger partial charge in [-0.25, -0.2) is 4.98 Å². The van der Waals surface area contributed by atoms with Crippen LogP contribution in [-0.2, 0) is 6.54 Å². The molecule has 138 valence electrons. The number of rotatable bonds is 3. The lowest BCUT2D eigenvalue weighted by molar-refractivity contribution is 0.575. The summed E-state index contributed by atoms with van der Waals surface area (Å²) in [5.41, 5.74) is 4.84. The predicted molar refractivity (Wildman–Crippen MR) is 110 cm³/mol. The highest BCUT2D eigenvalue weighted by Crippen LogP contribution is 2.26. The highest BCUT2D eigenvalue weighted by molar-refractivity contribution is 7.80. The van der Waals surface area contributed by atoms with Gasteiger partial charge in [0, 0.05) is 58.3 Å². The normalized spacial score (nSPS) is 10.5. The number of nitrogens with one attached hydrogen (secondary N) is 2. The van der Waals surface area contributed by atoms with Crippen LogP contribution in [0.25, 0.3) is 22.0 Å². The van der Waals surface area contributed by atoms with Gasteiger partial charge >= 0.3 is 0 Å². The monoisotopic (exact) mass is 380 g/mol. The lowest BCUT2D eigenvalue weighted by atomic mass is 10.0. The minimum Gasteiger partial charge on any atom is -0.361 e. The van der Waals surface area contributed by atoms with E-state index in [4.69, 9.17) is 0 Å². The van der Waals surface area contributed by atoms with Gasteiger partial charge in [-0.3, -0.25) is 4.98 Å². The fourth-order valence-corrected chi connectivity index (χ4v) is 2.93. The quantitative estimate of drug-likeness (QED) is 0.355. The van der Waals surface area contributed by atoms with Gasteiger partial charge < -0.3 is 10.3 Å². The molecule has 0 saturated heterocycles. The van der Waals surface area contributed by atoms with Crippen LogP contribution in [-0.4, -0.2) is 22.0 Å². The fourth-order valence-electron chi connectivity index (χ4n) is 2.77. The maximum absolute atomic E-state index is 13.2. The first-order valence-corrected chi connectivity index (χ1v) is 8.99. The standard InChI is InChI=1S/C16H16FN3.C5H5NS/c1-10-5-12(8-20-16(10)17)11-3-4-14-13(7-18-2)9-19-15(14)6-11;7-5-2-1-3-6-4-5/h3-6,8-9,18-19H,7H2,1-2H3;1-4,7H. The molecular formula is C21H21FN4S. The van der Waals surface area contributed by atoms with Crippen molar-refractivity contribution in [3.05, 3.63) is 78.3 Å². The second-order valence-corrected chi connectivity index (χ2v) is 6.66. The van der Waals surface area contributed by atoms with Crippen molar-refractivity contribution in [3.63, 3.8) is 0 Å². The third-order valence-corrected chi connectivity index (χ3v) is 4.39. The van der Waals surface area contributed by atoms with Gasteiger partial charge in [-0.15, -0.1) is 12.6 Å². The molecule has 6 heteroatoms. The topological polar surface area (TPSA) is 53.6 Å². The van der Waals surface area contributed by atoms with Crippen LogP contribution in [0.1, 0.15) is 11.1 Å². The molecule has 0 aliphatic heterocycles. The van der Waals surface area contributed by atoms with E-state index in [0.717, 1.165) is 28.1 Å². The first-order chi connectivity index (χ1) is 13.1. The summed E-state index contributed by atoms with van der Waals surface area (Å²) < 4.78 is 13.2. The summed E-state index contributed by atoms with van der Waals surface area (Å²) in [5.74, 6) is -0.411. The van der Waals surface area contributed by atoms with Crippen LogP contribution in [0.2, 0.25) is 0 Å². The Bertz CT molecular complexity index is 1030. The molecule has 4 aromatic rings. The van der Waals surface area contributed by atoms with E-state index in [-0.39, 0.29) is 0 Å². The van der Waals surface area contributed by atoms with Crippen LogP contribution in [0.4, 0.5) is 4.39 Å². The zero-order chi connectivity index (χ0) is 19.2. The van der Waals surface area contributed by atoms with E-state index < -0.39 is 5.95 Å². The molecular weight excluding hydrogens is 359 g/mol. The van der Waals surface area contributed by atoms with E-state index in [2.05, 4.69) is 45.0 Å². The average Bonchev–Trinajstić information content (AvgIpc) is 3.08. The molecule has 4 nitrogen and oxygen atoms in total. The van der Waals surface area contributed by atoms with Crippen LogP contribution in [0.3, 0.4) is 0 Å². The third-order valence-electron chi connectivity index (χ3n) is 4.13. The van der Waals surface area contributed by atoms with Gasteiger partial charge in [-0.1, -0.05) is 12.1 Å². The number of benzene rings is 1. The van der Waals surface area contributed by atoms with Gasteiger partial charge in [0.2, 0.25) is 5.95 Å². The number of aromatic nitrogens is 3. The summed E-state index contributed by atoms with van der Waals surface area (Å²) in [5, 5.41) is 4.35. The number of H-pyrrole nitrogens is 1. The zero-order valence-electron chi connectivity index (χ0n) is 15.2. The minimum absolute atomic E-state index is 0.411. The van der Waals surface area contributed by atoms with Crippen molar-refractivity contribution in [2.45, 2.75) is 18.4 Å². The van der Waals surface area contributed by atoms with E-state index in [1.165, 1.54) is 10.9 Å². The zero-order valence-corrected chi connectivity index (χ0v) is 16.1. The first kappa shape index (κ1) is 19.1. The lowest BCUT2D eigenvalue weighted by Crippen LogP contribution is -2.03. The molecule has 0 aliphatic rings. The molecule has 0 radical (unpaired) electrons. The largest absolute Gasteiger partial charge is 0.361 e. The van der Waals surface area contributed by atoms with Gasteiger partial charge in [-0.05, 0) is 49.4 Å². The second kappa shape index (κ2) is 8.79. The van der Waals surface area contributed by atoms with Gasteiger partial charge in [0.1, 0.15) is 0 Å². The lowest BCUT2D eigenvalue weighted by Gasteiger charge is -2.04. The molecule has 0 unspecified atom stereocenters. The van der Waals surface area contributed by atoms with Crippen molar-refractivity contribution in [3.8, 4) is 11.1 Å². The summed E-state index contributed by atoms with van der Waals surface area (Å²) in [7, 11) is 1.93. The third kappa shape index (κ3) is 4.72. The van der Waals surface area contributed by atoms with E-state index in [9.17, 15) is 4.39 Å². The Morgan fingerprint density at radius 2 is 2.00 bits per heavy atom. The molecule has 1 aromatic carbocycles. The molecule has 2 N–H and O–H groups in total. The van der Waals surface area contributed by atoms with Crippen molar-refractivity contribution >= 4 is 23.5 Å². The number of pyridine rings is 2. The number of aromatic amines is 1. The number of nitrogens with zero attached hydrogens (tertiary/aromatic N) is 2. The number of halogens is 1. The summed E-state index contributed by atoms with van der Waals surface area (Å²) in [6.07, 6.45) is 7.00. The van der Waals surface area contributed by atoms with Gasteiger partial charge in [0.15, 0.2) is 0 Å². The van der Waals surface area contributed by atoms with Crippen LogP contribution in [0, 0.1) is 12.9 Å². The Morgan fingerprint density at radius 3 is 2.63 bits per heavy atom. The Hall–Kier alpha value is -2.70. The molecule has 27 heavy (non-hydrogen) atoms. The smallest absolute Gasteiger partial charge is 0.215 e. The summed E-state index contributed by atoms with van der Waals surface area (Å²) in [6, 6.07) is 11.8. The minimum atomic E-state index is -0.411. The predicted octanol–water partition coefficient (Wildman–Crippen LogP) is 4.77. The number of hydrogen-bond donors (Lipinski definition) is 3. The van der Waals surface area contributed by atoms with E-state index in [0.29, 0.717) is 5.56 Å². The summed E-state index contributed by atoms with van der Waals surface area (Å²) in [6.45, 7) is 2.56. The molecule has 0 amide bonds. The van der Waals surface area contributed by atoms with Crippen molar-refractivity contribution in [1.29, 1.82) is 0 Å². The van der Waals surface area contributed by atoms with Crippen molar-refractivity contribution < 1.29 is 4.39 Å². The van der Waals surface area contributed by atoms with Crippen LogP contribution < -0.4 is 5.32 Å². The fraction of sp³-hybridized carbons (Fsp3) is 0.143. The molecule has 4 rings (SSSR count). The van der Waals surface area contributed by atoms with Gasteiger partial charge in [-0.2, -0.15) is 4.39 Å². The molecule has 3 aromatic heterocycles. The van der Waals surface area contributed by atoms with Crippen molar-refractivity contribution in [1.82, 2.24) is 20.3 Å². The number of fused-ring (bicyclic) bond motifs is 1. The van der Waals surface area contributed by atoms with Crippen LogP contribution in [0.5, 0.6) is 0 Å². The molecule has 3 heterocycles. The maximum atomic E-state index is 13.2. The summed E-state index contributed by atoms with van der Waals surface area (Å²) >= 11 is 4.02. The number of hydrogen-bond acceptors (Lipinski definition) is 4. The number of thiol groups is 1. The second-order valence-electron chi connectivity index (χ2n) is 6.15. The number of aryl methyl sites for hydroxylation is 1. The highest BCUT2D eigenvalue weighted by atomic mass is 32.1. The molecule has 0 saturated carbocycles. The Morgan fingerprint density at radius 1 is 1.15 bits per heavy atom. The molecule has 0 spiro atoms. The van der Waals surface area contributed by atoms with Crippen molar-refractivity contribution in [2.75, 3.05) is 7.05 Å².